The maximum Gasteiger partial charge on any atom is 0.386 e. The normalized spacial score (nSPS) is 37.0. The molecule has 0 aliphatic carbocycles. The Morgan fingerprint density at radius 2 is 1.19 bits per heavy atom. The Balaban J connectivity index is 0.753. The number of H-pyrrole nitrogens is 2. The molecule has 42 heteroatoms. The largest absolute Gasteiger partial charge is 0.393 e. The van der Waals surface area contributed by atoms with Gasteiger partial charge < -0.3 is 75.9 Å². The van der Waals surface area contributed by atoms with E-state index in [9.17, 15) is 33.4 Å². The predicted molar refractivity (Wildman–Crippen MR) is 315 cm³/mol. The Bertz CT molecular complexity index is 3880. The minimum absolute atomic E-state index is 0.00941. The number of rotatable bonds is 20. The fourth-order valence-electron chi connectivity index (χ4n) is 12.8. The van der Waals surface area contributed by atoms with Gasteiger partial charge in [0, 0.05) is 23.5 Å². The van der Waals surface area contributed by atoms with Gasteiger partial charge in [0.25, 0.3) is 11.1 Å². The summed E-state index contributed by atoms with van der Waals surface area (Å²) in [4.78, 5) is 77.0. The zero-order valence-electron chi connectivity index (χ0n) is 47.1. The van der Waals surface area contributed by atoms with E-state index < -0.39 is 165 Å². The van der Waals surface area contributed by atoms with Gasteiger partial charge in [-0.3, -0.25) is 55.8 Å². The minimum Gasteiger partial charge on any atom is -0.393 e. The van der Waals surface area contributed by atoms with Gasteiger partial charge in [-0.2, -0.15) is 9.97 Å². The van der Waals surface area contributed by atoms with Crippen LogP contribution in [0.3, 0.4) is 0 Å². The number of nitrogens with two attached hydrogens (primary N) is 3. The van der Waals surface area contributed by atoms with Crippen molar-refractivity contribution in [3.8, 4) is 0 Å². The van der Waals surface area contributed by atoms with E-state index >= 15 is 4.57 Å². The Labute approximate surface area is 512 Å². The highest BCUT2D eigenvalue weighted by atomic mass is 32.7. The molecule has 11 N–H and O–H groups in total. The second-order valence-corrected chi connectivity index (χ2v) is 31.2. The quantitative estimate of drug-likeness (QED) is 0.0427. The van der Waals surface area contributed by atoms with Gasteiger partial charge in [-0.15, -0.1) is 0 Å². The first-order valence-corrected chi connectivity index (χ1v) is 35.6. The molecule has 0 radical (unpaired) electrons. The second-order valence-electron chi connectivity index (χ2n) is 22.6. The maximum atomic E-state index is 15.1. The molecule has 6 bridgehead atoms. The molecule has 0 saturated carbocycles. The fourth-order valence-corrected chi connectivity index (χ4v) is 17.3. The number of nitrogens with zero attached hydrogens (tertiary/aromatic N) is 8. The molecule has 6 unspecified atom stereocenters. The van der Waals surface area contributed by atoms with Gasteiger partial charge in [-0.1, -0.05) is 36.7 Å². The number of anilines is 7. The molecule has 0 aromatic carbocycles. The number of aryl methyl sites for hydroxylation is 2. The Morgan fingerprint density at radius 1 is 0.648 bits per heavy atom. The first-order chi connectivity index (χ1) is 41.6. The lowest BCUT2D eigenvalue weighted by molar-refractivity contribution is -0.217. The molecule has 4 aromatic rings. The smallest absolute Gasteiger partial charge is 0.386 e. The number of aromatic nitrogens is 8. The predicted octanol–water partition coefficient (Wildman–Crippen LogP) is 0.618. The maximum absolute atomic E-state index is 15.1. The first-order valence-electron chi connectivity index (χ1n) is 27.5. The number of nitrogen functional groups attached to an aromatic ring is 3. The van der Waals surface area contributed by atoms with E-state index in [1.54, 1.807) is 20.8 Å². The van der Waals surface area contributed by atoms with Crippen molar-refractivity contribution in [2.75, 3.05) is 77.4 Å². The molecule has 480 valence electrons. The van der Waals surface area contributed by atoms with Gasteiger partial charge >= 0.3 is 31.8 Å². The van der Waals surface area contributed by atoms with Crippen LogP contribution < -0.4 is 60.1 Å². The zero-order chi connectivity index (χ0) is 62.5. The van der Waals surface area contributed by atoms with Crippen molar-refractivity contribution in [3.05, 3.63) is 71.5 Å². The molecule has 13 heterocycles. The van der Waals surface area contributed by atoms with Crippen molar-refractivity contribution in [2.45, 2.75) is 150 Å². The van der Waals surface area contributed by atoms with Crippen molar-refractivity contribution in [3.63, 3.8) is 0 Å². The van der Waals surface area contributed by atoms with Gasteiger partial charge in [-0.05, 0) is 47.5 Å². The molecule has 20 atom stereocenters. The van der Waals surface area contributed by atoms with Crippen LogP contribution in [0.15, 0.2) is 37.9 Å². The molecule has 0 amide bonds. The number of thiol groups is 3. The summed E-state index contributed by atoms with van der Waals surface area (Å²) in [7, 11) is 0. The number of fused-ring (bicyclic) bond motifs is 8. The van der Waals surface area contributed by atoms with Crippen LogP contribution in [-0.2, 0) is 74.0 Å². The van der Waals surface area contributed by atoms with Crippen LogP contribution in [0, 0.1) is 13.8 Å². The van der Waals surface area contributed by atoms with Crippen molar-refractivity contribution < 1.29 is 79.1 Å². The SMILES string of the molecule is Cc1cn([C@@H]2O[C@]3(COP(=O)(S)OC4[C@@H]5O[C@@H](C)[C@]4(CO)O[C@H]5N4CNc5c4nc(N)[nH]c5=O)C(OP(=O)(S)OC[C@]45O[C@@H](n6cc(C)c(=O)[nH]c6=O)[C@@H](O[C@H]4C)C5OP(=O)(S)OC[C@@H]4CC[C@H](N5CNc6c(N)ncnc65)O4)[C@@H]2O[C@H]3C)c(=O)nc1N. The number of hydrogen-bond donors (Lipinski definition) is 11. The third kappa shape index (κ3) is 10.3. The summed E-state index contributed by atoms with van der Waals surface area (Å²) in [6.45, 7) is -8.56. The molecule has 7 fully saturated rings. The van der Waals surface area contributed by atoms with Crippen molar-refractivity contribution in [2.24, 2.45) is 0 Å². The number of aromatic amines is 2. The summed E-state index contributed by atoms with van der Waals surface area (Å²) in [5.74, 6) is 0.682. The van der Waals surface area contributed by atoms with Crippen LogP contribution in [0.25, 0.3) is 0 Å². The van der Waals surface area contributed by atoms with E-state index in [2.05, 4.69) is 77.3 Å². The number of hydrogen-bond acceptors (Lipinski definition) is 32. The minimum atomic E-state index is -4.87. The highest BCUT2D eigenvalue weighted by Gasteiger charge is 2.73. The van der Waals surface area contributed by atoms with E-state index in [0.29, 0.717) is 36.6 Å². The van der Waals surface area contributed by atoms with Crippen LogP contribution >= 0.6 is 57.1 Å². The molecular weight excluding hydrogens is 1290 g/mol. The topological polar surface area (TPSA) is 461 Å². The zero-order valence-corrected chi connectivity index (χ0v) is 52.4. The molecule has 9 aliphatic rings. The average molecular weight is 1350 g/mol. The fraction of sp³-hybridized carbons (Fsp3) is 0.652. The number of nitrogens with one attached hydrogen (secondary N) is 4. The van der Waals surface area contributed by atoms with Crippen molar-refractivity contribution in [1.82, 2.24) is 39.0 Å². The summed E-state index contributed by atoms with van der Waals surface area (Å²) >= 11 is 13.2. The summed E-state index contributed by atoms with van der Waals surface area (Å²) in [5, 5.41) is 17.0. The standard InChI is InChI=1S/C46H62N15O21P3S3/c1-17-8-58(42(65)54-32(17)47)38-28-31(46(78-38,21(5)75-28)13-71-84(68,87)80-29-26-40(77-44(29,11-62)19(3)73-26)61-16-53-25-35(61)55-41(49)56-37(25)64)82-85(69,88)72-12-45-20(4)74-27(39(79-45)59-9-18(2)36(63)57-43(59)66)30(45)81-83(67,86)70-10-22-6-7-23(76-22)60-15-52-24-33(48)50-14-51-34(24)60/h8-9,14,19-23,26-31,38-40,52-53,62H,6-7,10-13,15-16H2,1-5H3,(H,67,86)(H,68,87)(H,69,88)(H2,47,54,65)(H2,48,50,51)(H,57,63,66)(H3,49,55,56,64)/t19-,20-,21-,22-,23+,26-,27-,28-,29?,30?,31?,38+,39+,40+,44-,45-,46-,83?,84?,85?/m0/s1. The van der Waals surface area contributed by atoms with Crippen LogP contribution in [0.4, 0.5) is 40.6 Å². The van der Waals surface area contributed by atoms with Crippen LogP contribution in [0.2, 0.25) is 0 Å². The Kier molecular flexibility index (Phi) is 15.7. The van der Waals surface area contributed by atoms with E-state index in [0.717, 1.165) is 9.13 Å². The molecule has 4 aromatic heterocycles. The first kappa shape index (κ1) is 62.1. The van der Waals surface area contributed by atoms with Crippen molar-refractivity contribution >= 4 is 97.7 Å². The highest BCUT2D eigenvalue weighted by Crippen LogP contribution is 2.66. The third-order valence-corrected chi connectivity index (χ3v) is 22.2. The van der Waals surface area contributed by atoms with Gasteiger partial charge in [0.15, 0.2) is 36.1 Å². The van der Waals surface area contributed by atoms with E-state index in [4.69, 9.17) is 77.5 Å². The van der Waals surface area contributed by atoms with Gasteiger partial charge in [0.05, 0.1) is 64.2 Å². The lowest BCUT2D eigenvalue weighted by Gasteiger charge is -2.38. The van der Waals surface area contributed by atoms with Crippen LogP contribution in [0.5, 0.6) is 0 Å². The summed E-state index contributed by atoms with van der Waals surface area (Å²) in [6.07, 6.45) is -11.3. The summed E-state index contributed by atoms with van der Waals surface area (Å²) in [5.41, 5.74) is 10.4. The monoisotopic (exact) mass is 1350 g/mol. The number of ether oxygens (including phenoxy) is 7. The second kappa shape index (κ2) is 22.3. The summed E-state index contributed by atoms with van der Waals surface area (Å²) in [6, 6.07) is 0. The molecule has 0 spiro atoms. The molecule has 9 aliphatic heterocycles. The molecule has 7 saturated heterocycles. The average Bonchev–Trinajstić information content (AvgIpc) is 1.59. The van der Waals surface area contributed by atoms with Gasteiger partial charge in [0.1, 0.15) is 83.2 Å². The summed E-state index contributed by atoms with van der Waals surface area (Å²) < 4.78 is 128. The van der Waals surface area contributed by atoms with Gasteiger partial charge in [0.2, 0.25) is 5.95 Å². The lowest BCUT2D eigenvalue weighted by Crippen LogP contribution is -2.53. The third-order valence-electron chi connectivity index (χ3n) is 17.4. The van der Waals surface area contributed by atoms with E-state index in [1.807, 2.05) is 4.90 Å². The van der Waals surface area contributed by atoms with Crippen LogP contribution in [-0.4, -0.2) is 174 Å². The molecule has 88 heavy (non-hydrogen) atoms. The van der Waals surface area contributed by atoms with E-state index in [-0.39, 0.29) is 47.9 Å². The van der Waals surface area contributed by atoms with Gasteiger partial charge in [-0.25, -0.2) is 33.3 Å². The number of aliphatic hydroxyl groups excluding tert-OH is 1. The Morgan fingerprint density at radius 3 is 1.83 bits per heavy atom. The van der Waals surface area contributed by atoms with Crippen molar-refractivity contribution in [1.29, 1.82) is 0 Å². The number of aliphatic hydroxyl groups is 1. The van der Waals surface area contributed by atoms with E-state index in [1.165, 1.54) is 37.5 Å². The Hall–Kier alpha value is -4.70. The molecule has 13 rings (SSSR count). The molecule has 36 nitrogen and oxygen atoms in total. The molecular formula is C46H62N15O21P3S3. The van der Waals surface area contributed by atoms with Crippen LogP contribution in [0.1, 0.15) is 57.2 Å². The lowest BCUT2D eigenvalue weighted by atomic mass is 9.94. The highest BCUT2D eigenvalue weighted by molar-refractivity contribution is 8.45.